The predicted octanol–water partition coefficient (Wildman–Crippen LogP) is 4.46. The Hall–Kier alpha value is -2.62. The maximum absolute atomic E-state index is 3.59. The molecule has 152 valence electrons. The van der Waals surface area contributed by atoms with Crippen molar-refractivity contribution in [3.8, 4) is 0 Å². The molecule has 4 nitrogen and oxygen atoms in total. The second-order valence-corrected chi connectivity index (χ2v) is 7.84. The molecule has 4 heteroatoms. The first-order valence-electron chi connectivity index (χ1n) is 11.1. The van der Waals surface area contributed by atoms with Crippen molar-refractivity contribution in [2.75, 3.05) is 0 Å². The predicted molar refractivity (Wildman–Crippen MR) is 116 cm³/mol. The summed E-state index contributed by atoms with van der Waals surface area (Å²) >= 11 is 0. The van der Waals surface area contributed by atoms with Gasteiger partial charge in [-0.1, -0.05) is 75.2 Å². The van der Waals surface area contributed by atoms with Crippen LogP contribution < -0.4 is 9.13 Å². The van der Waals surface area contributed by atoms with E-state index in [9.17, 15) is 0 Å². The number of nitrogens with zero attached hydrogens (tertiary/aromatic N) is 4. The van der Waals surface area contributed by atoms with Crippen LogP contribution in [0.5, 0.6) is 0 Å². The molecule has 2 aromatic heterocycles. The first-order chi connectivity index (χ1) is 14.3. The largest absolute Gasteiger partial charge is 0.344 e. The van der Waals surface area contributed by atoms with Crippen LogP contribution in [-0.2, 0) is 26.2 Å². The van der Waals surface area contributed by atoms with Crippen LogP contribution in [0.4, 0.5) is 0 Å². The topological polar surface area (TPSA) is 17.6 Å². The van der Waals surface area contributed by atoms with Crippen molar-refractivity contribution in [3.63, 3.8) is 0 Å². The number of unbranched alkanes of at least 4 members (excludes halogenated alkanes) is 2. The number of para-hydroxylation sites is 4. The van der Waals surface area contributed by atoms with Gasteiger partial charge in [0.25, 0.3) is 0 Å². The Morgan fingerprint density at radius 3 is 1.55 bits per heavy atom. The van der Waals surface area contributed by atoms with Gasteiger partial charge in [-0.15, -0.1) is 0 Å². The van der Waals surface area contributed by atoms with Gasteiger partial charge in [-0.2, -0.15) is 0 Å². The molecule has 0 unspecified atom stereocenters. The van der Waals surface area contributed by atoms with Crippen molar-refractivity contribution >= 4 is 22.1 Å². The second kappa shape index (κ2) is 9.25. The first-order valence-corrected chi connectivity index (χ1v) is 11.1. The lowest BCUT2D eigenvalue weighted by Crippen LogP contribution is -2.33. The monoisotopic (exact) mass is 388 g/mol. The molecule has 0 aliphatic carbocycles. The quantitative estimate of drug-likeness (QED) is 0.282. The molecule has 4 rings (SSSR count). The number of hydrogen-bond acceptors (Lipinski definition) is 0. The fourth-order valence-electron chi connectivity index (χ4n) is 4.05. The number of rotatable bonds is 10. The summed E-state index contributed by atoms with van der Waals surface area (Å²) in [6.45, 7) is 8.49. The van der Waals surface area contributed by atoms with E-state index < -0.39 is 0 Å². The van der Waals surface area contributed by atoms with E-state index in [0.717, 1.165) is 32.6 Å². The van der Waals surface area contributed by atoms with Crippen molar-refractivity contribution in [1.29, 1.82) is 0 Å². The van der Waals surface area contributed by atoms with E-state index in [-0.39, 0.29) is 0 Å². The molecule has 0 aliphatic heterocycles. The summed E-state index contributed by atoms with van der Waals surface area (Å²) in [4.78, 5) is 0. The highest BCUT2D eigenvalue weighted by Gasteiger charge is 2.08. The highest BCUT2D eigenvalue weighted by atomic mass is 15.1. The van der Waals surface area contributed by atoms with E-state index in [1.807, 2.05) is 0 Å². The van der Waals surface area contributed by atoms with Crippen LogP contribution in [-0.4, -0.2) is 9.13 Å². The van der Waals surface area contributed by atoms with Gasteiger partial charge in [0.15, 0.2) is 0 Å². The Morgan fingerprint density at radius 2 is 1.10 bits per heavy atom. The van der Waals surface area contributed by atoms with E-state index in [1.165, 1.54) is 47.8 Å². The molecule has 0 spiro atoms. The van der Waals surface area contributed by atoms with Gasteiger partial charge >= 0.3 is 0 Å². The lowest BCUT2D eigenvalue weighted by Gasteiger charge is -2.06. The molecule has 2 aromatic carbocycles. The van der Waals surface area contributed by atoms with Gasteiger partial charge in [-0.3, -0.25) is 0 Å². The maximum atomic E-state index is 3.59. The molecule has 0 amide bonds. The third kappa shape index (κ3) is 4.21. The lowest BCUT2D eigenvalue weighted by molar-refractivity contribution is -0.676. The fraction of sp³-hybridized carbons (Fsp3) is 0.440. The van der Waals surface area contributed by atoms with Crippen LogP contribution in [0, 0.1) is 12.7 Å². The maximum Gasteiger partial charge on any atom is 0.204 e. The molecule has 4 aromatic rings. The van der Waals surface area contributed by atoms with Gasteiger partial charge in [-0.05, 0) is 12.8 Å². The molecule has 0 radical (unpaired) electrons. The molecular weight excluding hydrogens is 356 g/mol. The zero-order valence-corrected chi connectivity index (χ0v) is 17.8. The van der Waals surface area contributed by atoms with Gasteiger partial charge in [0.1, 0.15) is 0 Å². The van der Waals surface area contributed by atoms with Crippen LogP contribution in [0.1, 0.15) is 46.0 Å². The Kier molecular flexibility index (Phi) is 6.28. The number of aryl methyl sites for hydroxylation is 4. The molecule has 0 saturated heterocycles. The molecule has 0 aliphatic rings. The van der Waals surface area contributed by atoms with Crippen LogP contribution in [0.25, 0.3) is 22.1 Å². The van der Waals surface area contributed by atoms with Crippen molar-refractivity contribution in [2.24, 2.45) is 0 Å². The van der Waals surface area contributed by atoms with Gasteiger partial charge < -0.3 is 18.3 Å². The number of benzene rings is 2. The molecule has 0 saturated carbocycles. The summed E-state index contributed by atoms with van der Waals surface area (Å²) in [6.07, 6.45) is 13.0. The number of aromatic nitrogens is 4. The van der Waals surface area contributed by atoms with Crippen LogP contribution >= 0.6 is 0 Å². The Labute approximate surface area is 174 Å². The van der Waals surface area contributed by atoms with Crippen molar-refractivity contribution in [1.82, 2.24) is 9.13 Å². The molecular formula is C25H32N4. The van der Waals surface area contributed by atoms with Crippen LogP contribution in [0.3, 0.4) is 0 Å². The fourth-order valence-corrected chi connectivity index (χ4v) is 4.05. The van der Waals surface area contributed by atoms with Crippen molar-refractivity contribution < 1.29 is 9.13 Å². The third-order valence-corrected chi connectivity index (χ3v) is 5.64. The average molecular weight is 389 g/mol. The van der Waals surface area contributed by atoms with E-state index >= 15 is 0 Å². The zero-order chi connectivity index (χ0) is 20.1. The summed E-state index contributed by atoms with van der Waals surface area (Å²) in [7, 11) is 0. The zero-order valence-electron chi connectivity index (χ0n) is 17.8. The molecule has 0 fully saturated rings. The lowest BCUT2D eigenvalue weighted by atomic mass is 10.3. The second-order valence-electron chi connectivity index (χ2n) is 7.84. The van der Waals surface area contributed by atoms with Gasteiger partial charge in [-0.25, -0.2) is 0 Å². The van der Waals surface area contributed by atoms with Crippen LogP contribution in [0.15, 0.2) is 48.5 Å². The van der Waals surface area contributed by atoms with Gasteiger partial charge in [0.05, 0.1) is 26.2 Å². The van der Waals surface area contributed by atoms with E-state index in [1.54, 1.807) is 0 Å². The summed E-state index contributed by atoms with van der Waals surface area (Å²) in [5.74, 6) is 0. The van der Waals surface area contributed by atoms with Crippen molar-refractivity contribution in [2.45, 2.75) is 72.1 Å². The SMILES string of the molecule is CCCC[n+]1[c-]n(CCCn2[c-][n+](CCCC)c3ccccc32)c2ccccc21. The molecule has 0 bridgehead atoms. The van der Waals surface area contributed by atoms with Gasteiger partial charge in [0.2, 0.25) is 12.7 Å². The Morgan fingerprint density at radius 1 is 0.655 bits per heavy atom. The standard InChI is InChI=1S/C25H32N4/c1-3-5-16-26-20-28(24-14-9-7-12-22(24)26)18-11-19-29-21-27(17-6-4-2)23-13-8-10-15-25(23)29/h7-10,12-15H,3-6,11,16-19H2,1-2H3. The molecule has 0 atom stereocenters. The first kappa shape index (κ1) is 19.7. The molecule has 2 heterocycles. The Balaban J connectivity index is 1.51. The minimum Gasteiger partial charge on any atom is -0.344 e. The summed E-state index contributed by atoms with van der Waals surface area (Å²) in [5, 5.41) is 0. The number of fused-ring (bicyclic) bond motifs is 2. The summed E-state index contributed by atoms with van der Waals surface area (Å²) in [5.41, 5.74) is 5.14. The number of imidazole rings is 2. The highest BCUT2D eigenvalue weighted by molar-refractivity contribution is 5.72. The van der Waals surface area contributed by atoms with Crippen molar-refractivity contribution in [3.05, 3.63) is 61.2 Å². The van der Waals surface area contributed by atoms with E-state index in [2.05, 4.69) is 93.3 Å². The minimum atomic E-state index is 0.967. The van der Waals surface area contributed by atoms with Crippen LogP contribution in [0.2, 0.25) is 0 Å². The smallest absolute Gasteiger partial charge is 0.204 e. The normalized spacial score (nSPS) is 11.7. The average Bonchev–Trinajstić information content (AvgIpc) is 3.29. The number of hydrogen-bond donors (Lipinski definition) is 0. The van der Waals surface area contributed by atoms with E-state index in [0.29, 0.717) is 0 Å². The Bertz CT molecular complexity index is 987. The van der Waals surface area contributed by atoms with E-state index in [4.69, 9.17) is 0 Å². The third-order valence-electron chi connectivity index (χ3n) is 5.64. The van der Waals surface area contributed by atoms with Gasteiger partial charge in [0, 0.05) is 28.5 Å². The molecule has 29 heavy (non-hydrogen) atoms. The summed E-state index contributed by atoms with van der Waals surface area (Å²) < 4.78 is 9.16. The molecule has 0 N–H and O–H groups in total. The highest BCUT2D eigenvalue weighted by Crippen LogP contribution is 2.14. The minimum absolute atomic E-state index is 0.967. The summed E-state index contributed by atoms with van der Waals surface area (Å²) in [6, 6.07) is 17.3.